The van der Waals surface area contributed by atoms with Gasteiger partial charge in [0.1, 0.15) is 12.0 Å². The SMILES string of the molecule is COC(=O)C(CCC(O)N=C(C)C)Oc1ccc(Cc2ccc(Cl)cc2Cl)cc1. The largest absolute Gasteiger partial charge is 0.479 e. The fourth-order valence-electron chi connectivity index (χ4n) is 2.75. The van der Waals surface area contributed by atoms with Gasteiger partial charge < -0.3 is 14.6 Å². The Morgan fingerprint density at radius 2 is 1.79 bits per heavy atom. The summed E-state index contributed by atoms with van der Waals surface area (Å²) in [4.78, 5) is 16.1. The minimum absolute atomic E-state index is 0.284. The first kappa shape index (κ1) is 23.2. The molecule has 7 heteroatoms. The molecule has 0 aliphatic rings. The van der Waals surface area contributed by atoms with Crippen LogP contribution in [0.5, 0.6) is 5.75 Å². The molecule has 0 aliphatic carbocycles. The third-order valence-corrected chi connectivity index (χ3v) is 4.76. The average Bonchev–Trinajstić information content (AvgIpc) is 2.67. The zero-order chi connectivity index (χ0) is 21.4. The molecule has 5 nitrogen and oxygen atoms in total. The summed E-state index contributed by atoms with van der Waals surface area (Å²) in [7, 11) is 1.31. The van der Waals surface area contributed by atoms with Gasteiger partial charge in [-0.25, -0.2) is 4.79 Å². The number of nitrogens with zero attached hydrogens (tertiary/aromatic N) is 1. The van der Waals surface area contributed by atoms with Crippen LogP contribution in [-0.4, -0.2) is 36.2 Å². The summed E-state index contributed by atoms with van der Waals surface area (Å²) in [5, 5.41) is 11.1. The summed E-state index contributed by atoms with van der Waals surface area (Å²) < 4.78 is 10.6. The van der Waals surface area contributed by atoms with Gasteiger partial charge in [-0.15, -0.1) is 0 Å². The molecule has 0 radical (unpaired) electrons. The van der Waals surface area contributed by atoms with E-state index in [-0.39, 0.29) is 12.8 Å². The molecule has 0 aliphatic heterocycles. The van der Waals surface area contributed by atoms with Crippen molar-refractivity contribution in [3.05, 3.63) is 63.6 Å². The van der Waals surface area contributed by atoms with E-state index in [1.165, 1.54) is 7.11 Å². The molecule has 2 atom stereocenters. The van der Waals surface area contributed by atoms with Crippen LogP contribution in [0.2, 0.25) is 10.0 Å². The van der Waals surface area contributed by atoms with Crippen molar-refractivity contribution in [2.75, 3.05) is 7.11 Å². The lowest BCUT2D eigenvalue weighted by atomic mass is 10.0. The van der Waals surface area contributed by atoms with Crippen molar-refractivity contribution in [1.82, 2.24) is 0 Å². The maximum Gasteiger partial charge on any atom is 0.347 e. The van der Waals surface area contributed by atoms with E-state index in [1.54, 1.807) is 38.1 Å². The number of carbonyl (C=O) groups excluding carboxylic acids is 1. The second-order valence-corrected chi connectivity index (χ2v) is 7.66. The molecule has 2 aromatic carbocycles. The summed E-state index contributed by atoms with van der Waals surface area (Å²) in [6.07, 6.45) is -0.469. The number of aliphatic imine (C=N–C) groups is 1. The summed E-state index contributed by atoms with van der Waals surface area (Å²) in [5.74, 6) is 0.0439. The highest BCUT2D eigenvalue weighted by molar-refractivity contribution is 6.35. The summed E-state index contributed by atoms with van der Waals surface area (Å²) in [6, 6.07) is 12.8. The van der Waals surface area contributed by atoms with Crippen LogP contribution in [0.15, 0.2) is 47.5 Å². The minimum atomic E-state index is -0.873. The second kappa shape index (κ2) is 11.2. The summed E-state index contributed by atoms with van der Waals surface area (Å²) in [6.45, 7) is 3.60. The number of ether oxygens (including phenoxy) is 2. The third kappa shape index (κ3) is 7.69. The molecule has 1 N–H and O–H groups in total. The van der Waals surface area contributed by atoms with Crippen molar-refractivity contribution in [1.29, 1.82) is 0 Å². The Balaban J connectivity index is 2.02. The van der Waals surface area contributed by atoms with Gasteiger partial charge >= 0.3 is 5.97 Å². The Bertz CT molecular complexity index is 848. The van der Waals surface area contributed by atoms with Gasteiger partial charge in [-0.1, -0.05) is 41.4 Å². The number of carbonyl (C=O) groups is 1. The smallest absolute Gasteiger partial charge is 0.347 e. The van der Waals surface area contributed by atoms with Gasteiger partial charge in [0.2, 0.25) is 0 Å². The topological polar surface area (TPSA) is 68.1 Å². The predicted octanol–water partition coefficient (Wildman–Crippen LogP) is 5.08. The van der Waals surface area contributed by atoms with Gasteiger partial charge in [-0.3, -0.25) is 4.99 Å². The average molecular weight is 438 g/mol. The van der Waals surface area contributed by atoms with E-state index in [1.807, 2.05) is 18.2 Å². The van der Waals surface area contributed by atoms with Crippen molar-refractivity contribution >= 4 is 34.9 Å². The highest BCUT2D eigenvalue weighted by atomic mass is 35.5. The number of rotatable bonds is 9. The Morgan fingerprint density at radius 1 is 1.10 bits per heavy atom. The molecule has 0 spiro atoms. The van der Waals surface area contributed by atoms with E-state index >= 15 is 0 Å². The Hall–Kier alpha value is -2.08. The molecule has 0 aromatic heterocycles. The second-order valence-electron chi connectivity index (χ2n) is 6.82. The zero-order valence-corrected chi connectivity index (χ0v) is 18.2. The van der Waals surface area contributed by atoms with Crippen LogP contribution in [0.25, 0.3) is 0 Å². The maximum atomic E-state index is 12.0. The van der Waals surface area contributed by atoms with Crippen molar-refractivity contribution in [3.63, 3.8) is 0 Å². The highest BCUT2D eigenvalue weighted by Gasteiger charge is 2.22. The van der Waals surface area contributed by atoms with Crippen molar-refractivity contribution in [3.8, 4) is 5.75 Å². The molecular weight excluding hydrogens is 413 g/mol. The van der Waals surface area contributed by atoms with Crippen LogP contribution < -0.4 is 4.74 Å². The fourth-order valence-corrected chi connectivity index (χ4v) is 3.23. The number of hydrogen-bond donors (Lipinski definition) is 1. The number of benzene rings is 2. The molecular formula is C22H25Cl2NO4. The fraction of sp³-hybridized carbons (Fsp3) is 0.364. The first-order valence-electron chi connectivity index (χ1n) is 9.25. The van der Waals surface area contributed by atoms with Gasteiger partial charge in [0.25, 0.3) is 0 Å². The third-order valence-electron chi connectivity index (χ3n) is 4.17. The van der Waals surface area contributed by atoms with Crippen LogP contribution in [-0.2, 0) is 16.0 Å². The normalized spacial score (nSPS) is 12.8. The number of aliphatic hydroxyl groups excluding tert-OH is 1. The first-order chi connectivity index (χ1) is 13.8. The first-order valence-corrected chi connectivity index (χ1v) is 10.0. The van der Waals surface area contributed by atoms with Crippen LogP contribution in [0.1, 0.15) is 37.8 Å². The minimum Gasteiger partial charge on any atom is -0.479 e. The number of methoxy groups -OCH3 is 1. The molecule has 0 heterocycles. The number of halogens is 2. The number of hydrogen-bond acceptors (Lipinski definition) is 5. The van der Waals surface area contributed by atoms with Crippen molar-refractivity contribution in [2.24, 2.45) is 4.99 Å². The Kier molecular flexibility index (Phi) is 8.96. The predicted molar refractivity (Wildman–Crippen MR) is 116 cm³/mol. The monoisotopic (exact) mass is 437 g/mol. The maximum absolute atomic E-state index is 12.0. The van der Waals surface area contributed by atoms with Gasteiger partial charge in [-0.2, -0.15) is 0 Å². The molecule has 2 rings (SSSR count). The molecule has 0 amide bonds. The van der Waals surface area contributed by atoms with Gasteiger partial charge in [0.15, 0.2) is 6.10 Å². The van der Waals surface area contributed by atoms with Crippen LogP contribution >= 0.6 is 23.2 Å². The molecule has 0 saturated heterocycles. The molecule has 2 unspecified atom stereocenters. The lowest BCUT2D eigenvalue weighted by molar-refractivity contribution is -0.149. The van der Waals surface area contributed by atoms with Crippen molar-refractivity contribution < 1.29 is 19.4 Å². The van der Waals surface area contributed by atoms with Gasteiger partial charge in [0.05, 0.1) is 7.11 Å². The Labute approximate surface area is 181 Å². The quantitative estimate of drug-likeness (QED) is 0.438. The standard InChI is InChI=1S/C22H25Cl2NO4/c1-14(2)25-21(26)11-10-20(22(27)28-3)29-18-8-4-15(5-9-18)12-16-6-7-17(23)13-19(16)24/h4-9,13,20-21,26H,10-12H2,1-3H3. The lowest BCUT2D eigenvalue weighted by Gasteiger charge is -2.18. The number of esters is 1. The molecule has 156 valence electrons. The van der Waals surface area contributed by atoms with Gasteiger partial charge in [-0.05, 0) is 68.5 Å². The molecule has 2 aromatic rings. The van der Waals surface area contributed by atoms with E-state index in [0.717, 1.165) is 16.8 Å². The van der Waals surface area contributed by atoms with Crippen LogP contribution in [0.3, 0.4) is 0 Å². The van der Waals surface area contributed by atoms with E-state index in [9.17, 15) is 9.90 Å². The summed E-state index contributed by atoms with van der Waals surface area (Å²) >= 11 is 12.2. The van der Waals surface area contributed by atoms with E-state index in [0.29, 0.717) is 22.2 Å². The van der Waals surface area contributed by atoms with E-state index < -0.39 is 18.3 Å². The zero-order valence-electron chi connectivity index (χ0n) is 16.7. The molecule has 0 saturated carbocycles. The number of aliphatic hydroxyl groups is 1. The highest BCUT2D eigenvalue weighted by Crippen LogP contribution is 2.24. The Morgan fingerprint density at radius 3 is 2.38 bits per heavy atom. The summed E-state index contributed by atoms with van der Waals surface area (Å²) in [5.41, 5.74) is 2.78. The van der Waals surface area contributed by atoms with Crippen molar-refractivity contribution in [2.45, 2.75) is 45.4 Å². The van der Waals surface area contributed by atoms with Crippen LogP contribution in [0, 0.1) is 0 Å². The van der Waals surface area contributed by atoms with E-state index in [4.69, 9.17) is 32.7 Å². The van der Waals surface area contributed by atoms with E-state index in [2.05, 4.69) is 4.99 Å². The van der Waals surface area contributed by atoms with Crippen LogP contribution in [0.4, 0.5) is 0 Å². The molecule has 29 heavy (non-hydrogen) atoms. The van der Waals surface area contributed by atoms with Gasteiger partial charge in [0, 0.05) is 15.8 Å². The molecule has 0 fully saturated rings. The lowest BCUT2D eigenvalue weighted by Crippen LogP contribution is -2.29. The molecule has 0 bridgehead atoms.